The van der Waals surface area contributed by atoms with Gasteiger partial charge in [0, 0.05) is 36.9 Å². The molecule has 1 fully saturated rings. The van der Waals surface area contributed by atoms with Gasteiger partial charge in [-0.25, -0.2) is 4.79 Å². The molecule has 2 bridgehead atoms. The number of anilines is 2. The molecular weight excluding hydrogens is 444 g/mol. The van der Waals surface area contributed by atoms with Crippen LogP contribution in [0.15, 0.2) is 71.5 Å². The first kappa shape index (κ1) is 22.7. The van der Waals surface area contributed by atoms with Crippen molar-refractivity contribution in [3.8, 4) is 5.75 Å². The van der Waals surface area contributed by atoms with Crippen LogP contribution < -0.4 is 20.9 Å². The van der Waals surface area contributed by atoms with Gasteiger partial charge in [-0.2, -0.15) is 0 Å². The van der Waals surface area contributed by atoms with Crippen molar-refractivity contribution in [3.05, 3.63) is 88.3 Å². The number of nitrogens with one attached hydrogen (secondary N) is 2. The number of benzene rings is 2. The number of nitrogens with zero attached hydrogens (tertiary/aromatic N) is 2. The SMILES string of the molecule is COc1ccc(CC(=O)N2C[C@H]3C[C@H](C2)c2ccc(NC(=O)Nc4ccccc4)c(=O)n2C3)cc1. The minimum atomic E-state index is -0.458. The molecule has 0 aliphatic carbocycles. The lowest BCUT2D eigenvalue weighted by molar-refractivity contribution is -0.133. The number of para-hydroxylation sites is 1. The van der Waals surface area contributed by atoms with E-state index in [-0.39, 0.29) is 29.0 Å². The minimum absolute atomic E-state index is 0.0940. The fourth-order valence-corrected chi connectivity index (χ4v) is 5.08. The molecule has 5 rings (SSSR count). The number of likely N-dealkylation sites (tertiary alicyclic amines) is 1. The monoisotopic (exact) mass is 472 g/mol. The molecule has 2 aromatic carbocycles. The largest absolute Gasteiger partial charge is 0.497 e. The molecule has 2 atom stereocenters. The van der Waals surface area contributed by atoms with Crippen molar-refractivity contribution >= 4 is 23.3 Å². The average molecular weight is 473 g/mol. The Kier molecular flexibility index (Phi) is 6.27. The summed E-state index contributed by atoms with van der Waals surface area (Å²) in [6, 6.07) is 19.7. The Morgan fingerprint density at radius 1 is 0.943 bits per heavy atom. The molecule has 35 heavy (non-hydrogen) atoms. The number of fused-ring (bicyclic) bond motifs is 4. The van der Waals surface area contributed by atoms with E-state index in [2.05, 4.69) is 10.6 Å². The Labute approximate surface area is 203 Å². The maximum atomic E-state index is 13.2. The van der Waals surface area contributed by atoms with Crippen molar-refractivity contribution in [1.82, 2.24) is 9.47 Å². The average Bonchev–Trinajstić information content (AvgIpc) is 2.87. The standard InChI is InChI=1S/C27H28N4O4/c1-35-22-9-7-18(8-10-22)14-25(32)30-15-19-13-20(17-30)24-12-11-23(26(33)31(24)16-19)29-27(34)28-21-5-3-2-4-6-21/h2-12,19-20H,13-17H2,1H3,(H2,28,29,34)/t19-,20-/m1/s1. The number of ether oxygens (including phenoxy) is 1. The van der Waals surface area contributed by atoms with Gasteiger partial charge in [0.2, 0.25) is 5.91 Å². The summed E-state index contributed by atoms with van der Waals surface area (Å²) in [7, 11) is 1.62. The predicted octanol–water partition coefficient (Wildman–Crippen LogP) is 3.69. The van der Waals surface area contributed by atoms with E-state index in [4.69, 9.17) is 4.74 Å². The lowest BCUT2D eigenvalue weighted by atomic mass is 9.83. The first-order valence-corrected chi connectivity index (χ1v) is 11.8. The van der Waals surface area contributed by atoms with Crippen LogP contribution in [-0.2, 0) is 17.8 Å². The van der Waals surface area contributed by atoms with E-state index >= 15 is 0 Å². The van der Waals surface area contributed by atoms with Crippen LogP contribution in [0.4, 0.5) is 16.2 Å². The maximum absolute atomic E-state index is 13.2. The molecule has 1 saturated heterocycles. The molecule has 8 nitrogen and oxygen atoms in total. The van der Waals surface area contributed by atoms with E-state index in [1.54, 1.807) is 29.9 Å². The summed E-state index contributed by atoms with van der Waals surface area (Å²) in [5.41, 5.74) is 2.56. The number of aromatic nitrogens is 1. The van der Waals surface area contributed by atoms with E-state index in [0.717, 1.165) is 23.4 Å². The number of rotatable bonds is 5. The maximum Gasteiger partial charge on any atom is 0.323 e. The van der Waals surface area contributed by atoms with Crippen LogP contribution in [0.25, 0.3) is 0 Å². The highest BCUT2D eigenvalue weighted by Gasteiger charge is 2.36. The van der Waals surface area contributed by atoms with Crippen LogP contribution in [0.3, 0.4) is 0 Å². The lowest BCUT2D eigenvalue weighted by Gasteiger charge is -2.43. The third-order valence-electron chi connectivity index (χ3n) is 6.75. The molecule has 2 aliphatic heterocycles. The third kappa shape index (κ3) is 4.91. The highest BCUT2D eigenvalue weighted by molar-refractivity contribution is 5.99. The molecule has 0 unspecified atom stereocenters. The van der Waals surface area contributed by atoms with Crippen LogP contribution in [0.1, 0.15) is 23.6 Å². The van der Waals surface area contributed by atoms with Gasteiger partial charge in [-0.05, 0) is 54.3 Å². The molecule has 8 heteroatoms. The highest BCUT2D eigenvalue weighted by Crippen LogP contribution is 2.35. The van der Waals surface area contributed by atoms with Crippen molar-refractivity contribution in [1.29, 1.82) is 0 Å². The number of carbonyl (C=O) groups excluding carboxylic acids is 2. The van der Waals surface area contributed by atoms with E-state index in [0.29, 0.717) is 31.7 Å². The van der Waals surface area contributed by atoms with Crippen molar-refractivity contribution in [3.63, 3.8) is 0 Å². The highest BCUT2D eigenvalue weighted by atomic mass is 16.5. The smallest absolute Gasteiger partial charge is 0.323 e. The third-order valence-corrected chi connectivity index (χ3v) is 6.75. The number of hydrogen-bond donors (Lipinski definition) is 2. The van der Waals surface area contributed by atoms with E-state index in [1.807, 2.05) is 53.4 Å². The van der Waals surface area contributed by atoms with Gasteiger partial charge >= 0.3 is 6.03 Å². The van der Waals surface area contributed by atoms with E-state index in [1.165, 1.54) is 0 Å². The molecule has 180 valence electrons. The second-order valence-corrected chi connectivity index (χ2v) is 9.16. The molecule has 2 N–H and O–H groups in total. The van der Waals surface area contributed by atoms with Gasteiger partial charge in [0.05, 0.1) is 13.5 Å². The zero-order valence-electron chi connectivity index (χ0n) is 19.6. The summed E-state index contributed by atoms with van der Waals surface area (Å²) in [4.78, 5) is 40.5. The minimum Gasteiger partial charge on any atom is -0.497 e. The molecule has 0 saturated carbocycles. The van der Waals surface area contributed by atoms with Crippen LogP contribution in [0.5, 0.6) is 5.75 Å². The van der Waals surface area contributed by atoms with Crippen LogP contribution in [0, 0.1) is 5.92 Å². The zero-order valence-corrected chi connectivity index (χ0v) is 19.6. The number of piperidine rings is 1. The molecule has 1 aromatic heterocycles. The molecule has 0 spiro atoms. The summed E-state index contributed by atoms with van der Waals surface area (Å²) in [6.45, 7) is 1.75. The summed E-state index contributed by atoms with van der Waals surface area (Å²) in [5.74, 6) is 1.16. The fraction of sp³-hybridized carbons (Fsp3) is 0.296. The summed E-state index contributed by atoms with van der Waals surface area (Å²) in [5, 5.41) is 5.41. The predicted molar refractivity (Wildman–Crippen MR) is 134 cm³/mol. The zero-order chi connectivity index (χ0) is 24.4. The Morgan fingerprint density at radius 2 is 1.71 bits per heavy atom. The number of hydrogen-bond acceptors (Lipinski definition) is 4. The van der Waals surface area contributed by atoms with Crippen LogP contribution >= 0.6 is 0 Å². The normalized spacial score (nSPS) is 18.4. The van der Waals surface area contributed by atoms with Crippen molar-refractivity contribution < 1.29 is 14.3 Å². The van der Waals surface area contributed by atoms with E-state index in [9.17, 15) is 14.4 Å². The van der Waals surface area contributed by atoms with Gasteiger partial charge in [0.1, 0.15) is 11.4 Å². The first-order valence-electron chi connectivity index (χ1n) is 11.8. The molecule has 3 amide bonds. The van der Waals surface area contributed by atoms with Gasteiger partial charge in [-0.1, -0.05) is 30.3 Å². The molecular formula is C27H28N4O4. The Morgan fingerprint density at radius 3 is 2.46 bits per heavy atom. The van der Waals surface area contributed by atoms with Gasteiger partial charge in [0.15, 0.2) is 0 Å². The van der Waals surface area contributed by atoms with Gasteiger partial charge in [0.25, 0.3) is 5.56 Å². The van der Waals surface area contributed by atoms with Crippen LogP contribution in [-0.4, -0.2) is 41.6 Å². The second kappa shape index (κ2) is 9.66. The molecule has 2 aliphatic rings. The topological polar surface area (TPSA) is 92.7 Å². The summed E-state index contributed by atoms with van der Waals surface area (Å²) >= 11 is 0. The Hall–Kier alpha value is -4.07. The number of carbonyl (C=O) groups is 2. The Bertz CT molecular complexity index is 1290. The van der Waals surface area contributed by atoms with Gasteiger partial charge in [-0.15, -0.1) is 0 Å². The van der Waals surface area contributed by atoms with Crippen molar-refractivity contribution in [2.75, 3.05) is 30.8 Å². The van der Waals surface area contributed by atoms with Crippen LogP contribution in [0.2, 0.25) is 0 Å². The van der Waals surface area contributed by atoms with Crippen molar-refractivity contribution in [2.24, 2.45) is 5.92 Å². The molecule has 0 radical (unpaired) electrons. The summed E-state index contributed by atoms with van der Waals surface area (Å²) < 4.78 is 6.96. The fourth-order valence-electron chi connectivity index (χ4n) is 5.08. The number of pyridine rings is 1. The van der Waals surface area contributed by atoms with Gasteiger partial charge < -0.3 is 24.8 Å². The van der Waals surface area contributed by atoms with Gasteiger partial charge in [-0.3, -0.25) is 9.59 Å². The van der Waals surface area contributed by atoms with E-state index < -0.39 is 6.03 Å². The second-order valence-electron chi connectivity index (χ2n) is 9.16. The molecule has 3 heterocycles. The number of urea groups is 1. The number of methoxy groups -OCH3 is 1. The quantitative estimate of drug-likeness (QED) is 0.592. The molecule has 3 aromatic rings. The number of amides is 3. The Balaban J connectivity index is 1.27. The van der Waals surface area contributed by atoms with Crippen molar-refractivity contribution in [2.45, 2.75) is 25.3 Å². The lowest BCUT2D eigenvalue weighted by Crippen LogP contribution is -2.49. The summed E-state index contributed by atoms with van der Waals surface area (Å²) in [6.07, 6.45) is 1.29. The first-order chi connectivity index (χ1) is 17.0.